The third-order valence-corrected chi connectivity index (χ3v) is 4.19. The Morgan fingerprint density at radius 1 is 1.29 bits per heavy atom. The maximum Gasteiger partial charge on any atom is 0.334 e. The first-order valence-electron chi connectivity index (χ1n) is 8.98. The minimum absolute atomic E-state index is 0.0298. The average molecular weight is 385 g/mol. The van der Waals surface area contributed by atoms with Crippen molar-refractivity contribution in [2.45, 2.75) is 27.7 Å². The number of pyridine rings is 1. The summed E-state index contributed by atoms with van der Waals surface area (Å²) < 4.78 is 0. The molecule has 8 nitrogen and oxygen atoms in total. The van der Waals surface area contributed by atoms with Gasteiger partial charge >= 0.3 is 5.69 Å². The molecule has 2 rings (SSSR count). The second-order valence-electron chi connectivity index (χ2n) is 7.93. The Balaban J connectivity index is 2.48. The summed E-state index contributed by atoms with van der Waals surface area (Å²) in [5.41, 5.74) is 2.25. The summed E-state index contributed by atoms with van der Waals surface area (Å²) in [5.74, 6) is -0.0930. The molecule has 0 radical (unpaired) electrons. The van der Waals surface area contributed by atoms with Gasteiger partial charge in [0, 0.05) is 38.1 Å². The molecule has 0 aliphatic carbocycles. The first-order chi connectivity index (χ1) is 13.0. The number of nitro groups is 1. The number of amides is 1. The Labute approximate surface area is 165 Å². The van der Waals surface area contributed by atoms with Gasteiger partial charge in [-0.3, -0.25) is 14.9 Å². The van der Waals surface area contributed by atoms with E-state index in [-0.39, 0.29) is 22.8 Å². The molecule has 0 aliphatic heterocycles. The number of anilines is 3. The van der Waals surface area contributed by atoms with Crippen LogP contribution < -0.4 is 15.5 Å². The van der Waals surface area contributed by atoms with E-state index >= 15 is 0 Å². The zero-order valence-corrected chi connectivity index (χ0v) is 17.2. The third kappa shape index (κ3) is 4.97. The summed E-state index contributed by atoms with van der Waals surface area (Å²) in [6.07, 6.45) is 1.54. The topological polar surface area (TPSA) is 100 Å². The standard InChI is InChI=1S/C20H27N5O3/c1-13-7-8-14(19(26)21-5)11-15(13)23-18-17(25(27)28)16(9-10-22-18)24(6)12-20(2,3)4/h7-11H,12H2,1-6H3,(H,21,26)(H,22,23). The van der Waals surface area contributed by atoms with E-state index < -0.39 is 4.92 Å². The molecule has 2 aromatic rings. The van der Waals surface area contributed by atoms with Crippen molar-refractivity contribution in [2.24, 2.45) is 5.41 Å². The smallest absolute Gasteiger partial charge is 0.334 e. The predicted molar refractivity (Wildman–Crippen MR) is 111 cm³/mol. The van der Waals surface area contributed by atoms with Crippen LogP contribution in [0.3, 0.4) is 0 Å². The second kappa shape index (κ2) is 8.24. The number of hydrogen-bond acceptors (Lipinski definition) is 6. The first-order valence-corrected chi connectivity index (χ1v) is 8.98. The van der Waals surface area contributed by atoms with Crippen LogP contribution in [0.25, 0.3) is 0 Å². The molecule has 0 aliphatic rings. The van der Waals surface area contributed by atoms with E-state index in [0.29, 0.717) is 23.5 Å². The van der Waals surface area contributed by atoms with Crippen LogP contribution in [0, 0.1) is 22.5 Å². The summed E-state index contributed by atoms with van der Waals surface area (Å²) in [7, 11) is 3.38. The zero-order chi connectivity index (χ0) is 21.1. The first kappa shape index (κ1) is 21.1. The van der Waals surface area contributed by atoms with Gasteiger partial charge in [0.25, 0.3) is 5.91 Å². The van der Waals surface area contributed by atoms with Gasteiger partial charge in [0.05, 0.1) is 4.92 Å². The van der Waals surface area contributed by atoms with Crippen molar-refractivity contribution in [1.82, 2.24) is 10.3 Å². The fraction of sp³-hybridized carbons (Fsp3) is 0.400. The highest BCUT2D eigenvalue weighted by molar-refractivity contribution is 5.95. The summed E-state index contributed by atoms with van der Waals surface area (Å²) in [6.45, 7) is 8.72. The SMILES string of the molecule is CNC(=O)c1ccc(C)c(Nc2nccc(N(C)CC(C)(C)C)c2[N+](=O)[O-])c1. The molecule has 1 aromatic heterocycles. The summed E-state index contributed by atoms with van der Waals surface area (Å²) in [5, 5.41) is 17.5. The third-order valence-electron chi connectivity index (χ3n) is 4.19. The minimum Gasteiger partial charge on any atom is -0.368 e. The number of nitrogens with one attached hydrogen (secondary N) is 2. The highest BCUT2D eigenvalue weighted by Crippen LogP contribution is 2.36. The van der Waals surface area contributed by atoms with Crippen LogP contribution >= 0.6 is 0 Å². The van der Waals surface area contributed by atoms with Crippen molar-refractivity contribution in [2.75, 3.05) is 30.9 Å². The van der Waals surface area contributed by atoms with Gasteiger partial charge in [0.2, 0.25) is 5.82 Å². The number of benzene rings is 1. The molecule has 0 saturated carbocycles. The lowest BCUT2D eigenvalue weighted by atomic mass is 9.96. The van der Waals surface area contributed by atoms with E-state index in [2.05, 4.69) is 36.4 Å². The number of nitrogens with zero attached hydrogens (tertiary/aromatic N) is 3. The van der Waals surface area contributed by atoms with Gasteiger partial charge in [-0.1, -0.05) is 26.8 Å². The van der Waals surface area contributed by atoms with Crippen molar-refractivity contribution in [3.05, 3.63) is 51.7 Å². The van der Waals surface area contributed by atoms with Crippen molar-refractivity contribution in [3.8, 4) is 0 Å². The van der Waals surface area contributed by atoms with E-state index in [9.17, 15) is 14.9 Å². The molecule has 1 amide bonds. The second-order valence-corrected chi connectivity index (χ2v) is 7.93. The van der Waals surface area contributed by atoms with Crippen molar-refractivity contribution >= 4 is 28.8 Å². The number of carbonyl (C=O) groups is 1. The van der Waals surface area contributed by atoms with E-state index in [0.717, 1.165) is 5.56 Å². The largest absolute Gasteiger partial charge is 0.368 e. The van der Waals surface area contributed by atoms with Gasteiger partial charge in [-0.15, -0.1) is 0 Å². The minimum atomic E-state index is -0.429. The maximum absolute atomic E-state index is 11.9. The Morgan fingerprint density at radius 2 is 1.96 bits per heavy atom. The fourth-order valence-electron chi connectivity index (χ4n) is 2.99. The lowest BCUT2D eigenvalue weighted by Gasteiger charge is -2.28. The molecule has 28 heavy (non-hydrogen) atoms. The van der Waals surface area contributed by atoms with Gasteiger partial charge < -0.3 is 15.5 Å². The lowest BCUT2D eigenvalue weighted by molar-refractivity contribution is -0.383. The number of hydrogen-bond donors (Lipinski definition) is 2. The molecule has 8 heteroatoms. The van der Waals surface area contributed by atoms with E-state index in [1.807, 2.05) is 18.9 Å². The van der Waals surface area contributed by atoms with Gasteiger partial charge in [0.15, 0.2) is 0 Å². The van der Waals surface area contributed by atoms with Gasteiger partial charge in [-0.2, -0.15) is 0 Å². The summed E-state index contributed by atoms with van der Waals surface area (Å²) >= 11 is 0. The lowest BCUT2D eigenvalue weighted by Crippen LogP contribution is -2.29. The van der Waals surface area contributed by atoms with Gasteiger partial charge in [0.1, 0.15) is 5.69 Å². The number of carbonyl (C=O) groups excluding carboxylic acids is 1. The Kier molecular flexibility index (Phi) is 6.23. The van der Waals surface area contributed by atoms with Crippen molar-refractivity contribution < 1.29 is 9.72 Å². The Hall–Kier alpha value is -3.16. The molecule has 2 N–H and O–H groups in total. The number of aryl methyl sites for hydroxylation is 1. The molecule has 0 atom stereocenters. The quantitative estimate of drug-likeness (QED) is 0.578. The molecule has 0 unspecified atom stereocenters. The Bertz CT molecular complexity index is 890. The van der Waals surface area contributed by atoms with Gasteiger partial charge in [-0.25, -0.2) is 4.98 Å². The van der Waals surface area contributed by atoms with Crippen LogP contribution in [0.1, 0.15) is 36.7 Å². The Morgan fingerprint density at radius 3 is 2.54 bits per heavy atom. The van der Waals surface area contributed by atoms with Crippen molar-refractivity contribution in [1.29, 1.82) is 0 Å². The van der Waals surface area contributed by atoms with E-state index in [1.165, 1.54) is 0 Å². The number of rotatable bonds is 6. The van der Waals surface area contributed by atoms with Crippen LogP contribution in [0.4, 0.5) is 22.9 Å². The molecule has 0 bridgehead atoms. The normalized spacial score (nSPS) is 11.1. The van der Waals surface area contributed by atoms with Crippen LogP contribution in [0.15, 0.2) is 30.5 Å². The fourth-order valence-corrected chi connectivity index (χ4v) is 2.99. The number of aromatic nitrogens is 1. The molecule has 0 fully saturated rings. The van der Waals surface area contributed by atoms with Crippen LogP contribution in [0.5, 0.6) is 0 Å². The van der Waals surface area contributed by atoms with Crippen LogP contribution in [0.2, 0.25) is 0 Å². The zero-order valence-electron chi connectivity index (χ0n) is 17.2. The molecule has 1 heterocycles. The molecular weight excluding hydrogens is 358 g/mol. The molecule has 0 saturated heterocycles. The van der Waals surface area contributed by atoms with E-state index in [1.54, 1.807) is 37.5 Å². The molecule has 1 aromatic carbocycles. The molecule has 150 valence electrons. The van der Waals surface area contributed by atoms with Gasteiger partial charge in [-0.05, 0) is 36.1 Å². The molecular formula is C20H27N5O3. The predicted octanol–water partition coefficient (Wildman–Crippen LogP) is 3.88. The summed E-state index contributed by atoms with van der Waals surface area (Å²) in [4.78, 5) is 29.4. The van der Waals surface area contributed by atoms with Crippen LogP contribution in [-0.4, -0.2) is 36.5 Å². The average Bonchev–Trinajstić information content (AvgIpc) is 2.61. The highest BCUT2D eigenvalue weighted by Gasteiger charge is 2.26. The van der Waals surface area contributed by atoms with Crippen LogP contribution in [-0.2, 0) is 0 Å². The monoisotopic (exact) mass is 385 g/mol. The molecule has 0 spiro atoms. The highest BCUT2D eigenvalue weighted by atomic mass is 16.6. The maximum atomic E-state index is 11.9. The summed E-state index contributed by atoms with van der Waals surface area (Å²) in [6, 6.07) is 6.79. The van der Waals surface area contributed by atoms with Crippen molar-refractivity contribution in [3.63, 3.8) is 0 Å². The van der Waals surface area contributed by atoms with E-state index in [4.69, 9.17) is 0 Å².